The molecule has 0 saturated carbocycles. The molecule has 2 heterocycles. The molecule has 1 aliphatic heterocycles. The van der Waals surface area contributed by atoms with E-state index in [0.717, 1.165) is 19.4 Å². The molecule has 0 bridgehead atoms. The molecule has 0 spiro atoms. The predicted molar refractivity (Wildman–Crippen MR) is 83.6 cm³/mol. The van der Waals surface area contributed by atoms with Crippen LogP contribution in [0.1, 0.15) is 34.5 Å². The van der Waals surface area contributed by atoms with Gasteiger partial charge in [-0.05, 0) is 37.5 Å². The number of ether oxygens (including phenoxy) is 1. The van der Waals surface area contributed by atoms with Crippen molar-refractivity contribution in [3.8, 4) is 0 Å². The van der Waals surface area contributed by atoms with Crippen LogP contribution in [0.3, 0.4) is 0 Å². The average Bonchev–Trinajstić information content (AvgIpc) is 3.07. The maximum atomic E-state index is 12.3. The van der Waals surface area contributed by atoms with E-state index in [2.05, 4.69) is 25.1 Å². The summed E-state index contributed by atoms with van der Waals surface area (Å²) >= 11 is 0. The van der Waals surface area contributed by atoms with E-state index in [4.69, 9.17) is 9.15 Å². The summed E-state index contributed by atoms with van der Waals surface area (Å²) in [6.45, 7) is 4.07. The van der Waals surface area contributed by atoms with Crippen LogP contribution in [-0.2, 0) is 11.3 Å². The lowest BCUT2D eigenvalue weighted by atomic mass is 10.1. The Hall–Kier alpha value is -2.07. The molecule has 4 nitrogen and oxygen atoms in total. The molecule has 1 unspecified atom stereocenters. The molecule has 1 aliphatic rings. The Morgan fingerprint density at radius 2 is 2.27 bits per heavy atom. The summed E-state index contributed by atoms with van der Waals surface area (Å²) < 4.78 is 11.2. The zero-order valence-electron chi connectivity index (χ0n) is 12.8. The second-order valence-electron chi connectivity index (χ2n) is 5.79. The number of amides is 1. The van der Waals surface area contributed by atoms with Crippen molar-refractivity contribution >= 4 is 5.91 Å². The van der Waals surface area contributed by atoms with Crippen molar-refractivity contribution in [3.63, 3.8) is 0 Å². The quantitative estimate of drug-likeness (QED) is 0.869. The molecule has 1 amide bonds. The predicted octanol–water partition coefficient (Wildman–Crippen LogP) is 3.41. The number of piperidine rings is 1. The molecule has 0 aliphatic carbocycles. The maximum absolute atomic E-state index is 12.3. The lowest BCUT2D eigenvalue weighted by Gasteiger charge is -2.32. The lowest BCUT2D eigenvalue weighted by molar-refractivity contribution is -0.00754. The third-order valence-corrected chi connectivity index (χ3v) is 3.97. The minimum absolute atomic E-state index is 0.0474. The minimum atomic E-state index is -0.0474. The van der Waals surface area contributed by atoms with Crippen LogP contribution >= 0.6 is 0 Å². The fourth-order valence-electron chi connectivity index (χ4n) is 2.83. The Labute approximate surface area is 130 Å². The Kier molecular flexibility index (Phi) is 4.59. The van der Waals surface area contributed by atoms with Crippen LogP contribution < -0.4 is 0 Å². The van der Waals surface area contributed by atoms with Gasteiger partial charge in [0.25, 0.3) is 5.91 Å². The van der Waals surface area contributed by atoms with Gasteiger partial charge in [0.15, 0.2) is 5.76 Å². The number of aryl methyl sites for hydroxylation is 1. The number of benzene rings is 1. The number of rotatable bonds is 4. The lowest BCUT2D eigenvalue weighted by Crippen LogP contribution is -2.43. The second kappa shape index (κ2) is 6.79. The van der Waals surface area contributed by atoms with E-state index in [-0.39, 0.29) is 12.0 Å². The molecule has 1 aromatic carbocycles. The van der Waals surface area contributed by atoms with Gasteiger partial charge in [0.1, 0.15) is 0 Å². The number of carbonyl (C=O) groups is 1. The van der Waals surface area contributed by atoms with Crippen LogP contribution in [0.25, 0.3) is 0 Å². The number of carbonyl (C=O) groups excluding carboxylic acids is 1. The van der Waals surface area contributed by atoms with E-state index in [1.54, 1.807) is 12.1 Å². The van der Waals surface area contributed by atoms with E-state index < -0.39 is 0 Å². The van der Waals surface area contributed by atoms with Gasteiger partial charge in [-0.15, -0.1) is 0 Å². The highest BCUT2D eigenvalue weighted by molar-refractivity contribution is 5.91. The van der Waals surface area contributed by atoms with Gasteiger partial charge in [-0.25, -0.2) is 0 Å². The highest BCUT2D eigenvalue weighted by Crippen LogP contribution is 2.18. The molecule has 0 radical (unpaired) electrons. The topological polar surface area (TPSA) is 42.7 Å². The number of hydrogen-bond donors (Lipinski definition) is 0. The van der Waals surface area contributed by atoms with Crippen molar-refractivity contribution in [2.24, 2.45) is 0 Å². The standard InChI is InChI=1S/C18H21NO3/c1-14-5-2-6-15(11-14)13-22-16-7-3-9-19(12-16)18(20)17-8-4-10-21-17/h2,4-6,8,10-11,16H,3,7,9,12-13H2,1H3. The number of hydrogen-bond acceptors (Lipinski definition) is 3. The van der Waals surface area contributed by atoms with E-state index in [1.807, 2.05) is 11.0 Å². The molecule has 116 valence electrons. The van der Waals surface area contributed by atoms with Gasteiger partial charge in [0, 0.05) is 13.1 Å². The Morgan fingerprint density at radius 1 is 1.36 bits per heavy atom. The third-order valence-electron chi connectivity index (χ3n) is 3.97. The summed E-state index contributed by atoms with van der Waals surface area (Å²) in [6, 6.07) is 11.8. The molecule has 2 aromatic rings. The average molecular weight is 299 g/mol. The van der Waals surface area contributed by atoms with Crippen LogP contribution in [0.15, 0.2) is 47.1 Å². The van der Waals surface area contributed by atoms with Crippen molar-refractivity contribution in [2.45, 2.75) is 32.5 Å². The maximum Gasteiger partial charge on any atom is 0.289 e. The highest BCUT2D eigenvalue weighted by atomic mass is 16.5. The van der Waals surface area contributed by atoms with Gasteiger partial charge in [-0.2, -0.15) is 0 Å². The molecule has 1 aromatic heterocycles. The van der Waals surface area contributed by atoms with Crippen molar-refractivity contribution in [2.75, 3.05) is 13.1 Å². The first-order valence-corrected chi connectivity index (χ1v) is 7.72. The summed E-state index contributed by atoms with van der Waals surface area (Å²) in [5.74, 6) is 0.355. The third kappa shape index (κ3) is 3.57. The molecule has 1 fully saturated rings. The fourth-order valence-corrected chi connectivity index (χ4v) is 2.83. The van der Waals surface area contributed by atoms with Gasteiger partial charge >= 0.3 is 0 Å². The Bertz CT molecular complexity index is 621. The molecule has 22 heavy (non-hydrogen) atoms. The minimum Gasteiger partial charge on any atom is -0.459 e. The van der Waals surface area contributed by atoms with Crippen molar-refractivity contribution in [3.05, 3.63) is 59.5 Å². The summed E-state index contributed by atoms with van der Waals surface area (Å²) in [7, 11) is 0. The van der Waals surface area contributed by atoms with E-state index >= 15 is 0 Å². The first-order valence-electron chi connectivity index (χ1n) is 7.72. The summed E-state index contributed by atoms with van der Waals surface area (Å²) in [5, 5.41) is 0. The zero-order chi connectivity index (χ0) is 15.4. The zero-order valence-corrected chi connectivity index (χ0v) is 12.8. The van der Waals surface area contributed by atoms with Gasteiger partial charge in [0.05, 0.1) is 19.0 Å². The first-order chi connectivity index (χ1) is 10.7. The van der Waals surface area contributed by atoms with E-state index in [9.17, 15) is 4.79 Å². The van der Waals surface area contributed by atoms with Crippen LogP contribution in [-0.4, -0.2) is 30.0 Å². The molecule has 1 saturated heterocycles. The first kappa shape index (κ1) is 14.9. The van der Waals surface area contributed by atoms with Crippen LogP contribution in [0.2, 0.25) is 0 Å². The van der Waals surface area contributed by atoms with E-state index in [0.29, 0.717) is 18.9 Å². The van der Waals surface area contributed by atoms with Crippen LogP contribution in [0, 0.1) is 6.92 Å². The molecule has 4 heteroatoms. The van der Waals surface area contributed by atoms with Gasteiger partial charge in [0.2, 0.25) is 0 Å². The summed E-state index contributed by atoms with van der Waals surface area (Å²) in [4.78, 5) is 14.1. The smallest absolute Gasteiger partial charge is 0.289 e. The Morgan fingerprint density at radius 3 is 3.05 bits per heavy atom. The largest absolute Gasteiger partial charge is 0.459 e. The number of likely N-dealkylation sites (tertiary alicyclic amines) is 1. The van der Waals surface area contributed by atoms with Crippen molar-refractivity contribution in [1.29, 1.82) is 0 Å². The van der Waals surface area contributed by atoms with Crippen LogP contribution in [0.5, 0.6) is 0 Å². The highest BCUT2D eigenvalue weighted by Gasteiger charge is 2.26. The summed E-state index contributed by atoms with van der Waals surface area (Å²) in [6.07, 6.45) is 3.58. The van der Waals surface area contributed by atoms with Crippen molar-refractivity contribution in [1.82, 2.24) is 4.90 Å². The molecular formula is C18H21NO3. The van der Waals surface area contributed by atoms with Crippen LogP contribution in [0.4, 0.5) is 0 Å². The number of furan rings is 1. The number of nitrogens with zero attached hydrogens (tertiary/aromatic N) is 1. The van der Waals surface area contributed by atoms with Gasteiger partial charge in [-0.3, -0.25) is 4.79 Å². The monoisotopic (exact) mass is 299 g/mol. The van der Waals surface area contributed by atoms with E-state index in [1.165, 1.54) is 17.4 Å². The van der Waals surface area contributed by atoms with Gasteiger partial charge in [-0.1, -0.05) is 29.8 Å². The SMILES string of the molecule is Cc1cccc(COC2CCCN(C(=O)c3ccco3)C2)c1. The molecule has 3 rings (SSSR count). The summed E-state index contributed by atoms with van der Waals surface area (Å²) in [5.41, 5.74) is 2.41. The normalized spacial score (nSPS) is 18.4. The van der Waals surface area contributed by atoms with Crippen molar-refractivity contribution < 1.29 is 13.9 Å². The second-order valence-corrected chi connectivity index (χ2v) is 5.79. The molecule has 0 N–H and O–H groups in total. The molecule has 1 atom stereocenters. The molecular weight excluding hydrogens is 278 g/mol. The Balaban J connectivity index is 1.55. The fraction of sp³-hybridized carbons (Fsp3) is 0.389. The van der Waals surface area contributed by atoms with Gasteiger partial charge < -0.3 is 14.1 Å².